The number of nitrogens with zero attached hydrogens (tertiary/aromatic N) is 6. The molecular formula is C34H29BrF6N6O8. The summed E-state index contributed by atoms with van der Waals surface area (Å²) in [7, 11) is 0. The summed E-state index contributed by atoms with van der Waals surface area (Å²) in [6.45, 7) is 0.944. The van der Waals surface area contributed by atoms with Gasteiger partial charge < -0.3 is 24.1 Å². The molecule has 4 aromatic rings. The Morgan fingerprint density at radius 1 is 0.800 bits per heavy atom. The number of cyclic esters (lactones) is 2. The summed E-state index contributed by atoms with van der Waals surface area (Å²) in [5.74, 6) is -3.14. The molecule has 8 rings (SSSR count). The number of benzene rings is 2. The first kappa shape index (κ1) is 37.8. The van der Waals surface area contributed by atoms with Gasteiger partial charge in [0.25, 0.3) is 12.9 Å². The average Bonchev–Trinajstić information content (AvgIpc) is 3.82. The quantitative estimate of drug-likeness (QED) is 0.208. The van der Waals surface area contributed by atoms with E-state index in [9.17, 15) is 36.3 Å². The SMILES string of the molecule is C[C@H](Cc1ccc2c(c1)OCCn1c-2nc(N2C(=O)OC[C@H]2C(F)F)c1F)C(=O)O.O=C1OC[C@@H](C(F)F)N1c1nc2n(c1F)CCOc1cc(Br)ccc1-2. The van der Waals surface area contributed by atoms with Crippen LogP contribution >= 0.6 is 15.9 Å². The molecule has 0 bridgehead atoms. The van der Waals surface area contributed by atoms with Crippen LogP contribution in [0.1, 0.15) is 12.5 Å². The van der Waals surface area contributed by atoms with E-state index in [4.69, 9.17) is 14.6 Å². The summed E-state index contributed by atoms with van der Waals surface area (Å²) in [6.07, 6.45) is -7.65. The number of alkyl halides is 4. The first-order valence-electron chi connectivity index (χ1n) is 16.7. The van der Waals surface area contributed by atoms with Gasteiger partial charge in [0, 0.05) is 4.47 Å². The van der Waals surface area contributed by atoms with Gasteiger partial charge >= 0.3 is 18.2 Å². The topological polar surface area (TPSA) is 150 Å². The Morgan fingerprint density at radius 3 is 1.75 bits per heavy atom. The zero-order valence-electron chi connectivity index (χ0n) is 28.4. The van der Waals surface area contributed by atoms with Gasteiger partial charge in [-0.15, -0.1) is 0 Å². The molecule has 55 heavy (non-hydrogen) atoms. The van der Waals surface area contributed by atoms with Crippen molar-refractivity contribution >= 4 is 45.7 Å². The summed E-state index contributed by atoms with van der Waals surface area (Å²) in [6, 6.07) is 6.88. The van der Waals surface area contributed by atoms with Crippen LogP contribution in [0, 0.1) is 17.8 Å². The van der Waals surface area contributed by atoms with Gasteiger partial charge in [-0.25, -0.2) is 46.9 Å². The fraction of sp³-hybridized carbons (Fsp3) is 0.382. The summed E-state index contributed by atoms with van der Waals surface area (Å²) in [5.41, 5.74) is 1.63. The Hall–Kier alpha value is -5.47. The number of anilines is 2. The van der Waals surface area contributed by atoms with Crippen LogP contribution < -0.4 is 19.3 Å². The number of carbonyl (C=O) groups excluding carboxylic acids is 2. The van der Waals surface area contributed by atoms with Crippen LogP contribution in [0.5, 0.6) is 11.5 Å². The van der Waals surface area contributed by atoms with E-state index < -0.39 is 85.8 Å². The van der Waals surface area contributed by atoms with E-state index in [1.54, 1.807) is 43.3 Å². The lowest BCUT2D eigenvalue weighted by molar-refractivity contribution is -0.141. The smallest absolute Gasteiger partial charge is 0.416 e. The molecule has 0 aliphatic carbocycles. The standard InChI is InChI=1S/C19H18F3N3O5.C15H11BrF3N3O3/c1-9(18(26)27)6-10-2-3-11-13(7-10)29-5-4-24-15(22)17(23-16(11)24)25-12(14(20)21)8-30-19(25)28;16-7-1-2-8-10(5-7)24-4-3-21-12(19)14(20-13(8)21)22-9(11(17)18)6-25-15(22)23/h2-3,7,9,12,14H,4-6,8H2,1H3,(H,26,27);1-2,5,9,11H,3-4,6H2/t9-,12+;9-/m10/s1. The minimum Gasteiger partial charge on any atom is -0.491 e. The number of carbonyl (C=O) groups is 3. The van der Waals surface area contributed by atoms with E-state index in [0.717, 1.165) is 9.04 Å². The molecule has 6 heterocycles. The number of amides is 2. The van der Waals surface area contributed by atoms with Gasteiger partial charge in [0.05, 0.1) is 30.1 Å². The maximum atomic E-state index is 15.1. The lowest BCUT2D eigenvalue weighted by Crippen LogP contribution is -2.39. The molecule has 292 valence electrons. The molecule has 2 aromatic heterocycles. The number of carboxylic acid groups (broad SMARTS) is 1. The van der Waals surface area contributed by atoms with E-state index in [0.29, 0.717) is 38.0 Å². The molecule has 0 spiro atoms. The van der Waals surface area contributed by atoms with Gasteiger partial charge in [-0.1, -0.05) is 28.9 Å². The fourth-order valence-corrected chi connectivity index (χ4v) is 6.77. The fourth-order valence-electron chi connectivity index (χ4n) is 6.43. The Bertz CT molecular complexity index is 2170. The Balaban J connectivity index is 0.000000172. The molecular weight excluding hydrogens is 814 g/mol. The molecule has 2 amide bonds. The monoisotopic (exact) mass is 842 g/mol. The van der Waals surface area contributed by atoms with Crippen molar-refractivity contribution < 1.29 is 64.8 Å². The normalized spacial score (nSPS) is 19.2. The van der Waals surface area contributed by atoms with Gasteiger partial charge in [0.2, 0.25) is 11.9 Å². The molecule has 14 nitrogen and oxygen atoms in total. The highest BCUT2D eigenvalue weighted by Gasteiger charge is 2.45. The lowest BCUT2D eigenvalue weighted by atomic mass is 9.99. The van der Waals surface area contributed by atoms with Crippen molar-refractivity contribution in [2.45, 2.75) is 51.4 Å². The molecule has 3 atom stereocenters. The van der Waals surface area contributed by atoms with Gasteiger partial charge in [0.15, 0.2) is 11.6 Å². The first-order valence-corrected chi connectivity index (χ1v) is 17.5. The highest BCUT2D eigenvalue weighted by molar-refractivity contribution is 9.10. The number of rotatable bonds is 7. The van der Waals surface area contributed by atoms with Crippen LogP contribution in [0.3, 0.4) is 0 Å². The maximum absolute atomic E-state index is 15.1. The number of aliphatic carboxylic acids is 1. The predicted molar refractivity (Wildman–Crippen MR) is 182 cm³/mol. The molecule has 0 unspecified atom stereocenters. The second kappa shape index (κ2) is 15.0. The average molecular weight is 844 g/mol. The van der Waals surface area contributed by atoms with Gasteiger partial charge in [-0.05, 0) is 42.3 Å². The van der Waals surface area contributed by atoms with E-state index in [2.05, 4.69) is 35.4 Å². The minimum absolute atomic E-state index is 0.0476. The van der Waals surface area contributed by atoms with Crippen LogP contribution in [0.2, 0.25) is 0 Å². The number of imidazole rings is 2. The van der Waals surface area contributed by atoms with Crippen LogP contribution in [0.15, 0.2) is 40.9 Å². The third kappa shape index (κ3) is 7.00. The van der Waals surface area contributed by atoms with Gasteiger partial charge in [-0.2, -0.15) is 8.78 Å². The summed E-state index contributed by atoms with van der Waals surface area (Å²) < 4.78 is 107. The summed E-state index contributed by atoms with van der Waals surface area (Å²) in [5, 5.41) is 9.09. The molecule has 21 heteroatoms. The van der Waals surface area contributed by atoms with Crippen LogP contribution in [-0.2, 0) is 33.8 Å². The molecule has 0 saturated carbocycles. The Morgan fingerprint density at radius 2 is 1.27 bits per heavy atom. The number of halogens is 7. The molecule has 4 aliphatic rings. The van der Waals surface area contributed by atoms with Crippen molar-refractivity contribution in [3.05, 3.63) is 58.3 Å². The third-order valence-corrected chi connectivity index (χ3v) is 9.70. The number of fused-ring (bicyclic) bond motifs is 6. The van der Waals surface area contributed by atoms with E-state index in [1.807, 2.05) is 0 Å². The van der Waals surface area contributed by atoms with Crippen molar-refractivity contribution in [1.82, 2.24) is 19.1 Å². The second-order valence-corrected chi connectivity index (χ2v) is 13.6. The Kier molecular flexibility index (Phi) is 10.3. The van der Waals surface area contributed by atoms with E-state index >= 15 is 4.39 Å². The number of hydrogen-bond donors (Lipinski definition) is 1. The Labute approximate surface area is 315 Å². The number of ether oxygens (including phenoxy) is 4. The number of hydrogen-bond acceptors (Lipinski definition) is 9. The molecule has 1 N–H and O–H groups in total. The number of carboxylic acids is 1. The van der Waals surface area contributed by atoms with E-state index in [-0.39, 0.29) is 44.4 Å². The lowest BCUT2D eigenvalue weighted by Gasteiger charge is -2.18. The molecule has 2 aromatic carbocycles. The highest BCUT2D eigenvalue weighted by Crippen LogP contribution is 2.40. The molecule has 0 radical (unpaired) electrons. The summed E-state index contributed by atoms with van der Waals surface area (Å²) >= 11 is 3.33. The van der Waals surface area contributed by atoms with Crippen molar-refractivity contribution in [1.29, 1.82) is 0 Å². The van der Waals surface area contributed by atoms with Crippen LogP contribution in [0.25, 0.3) is 22.8 Å². The van der Waals surface area contributed by atoms with Gasteiger partial charge in [-0.3, -0.25) is 13.9 Å². The first-order chi connectivity index (χ1) is 26.2. The highest BCUT2D eigenvalue weighted by atomic mass is 79.9. The largest absolute Gasteiger partial charge is 0.491 e. The maximum Gasteiger partial charge on any atom is 0.416 e. The van der Waals surface area contributed by atoms with Crippen molar-refractivity contribution in [2.24, 2.45) is 5.92 Å². The molecule has 2 saturated heterocycles. The molecule has 2 fully saturated rings. The predicted octanol–water partition coefficient (Wildman–Crippen LogP) is 6.37. The zero-order valence-corrected chi connectivity index (χ0v) is 30.0. The van der Waals surface area contributed by atoms with Crippen molar-refractivity contribution in [2.75, 3.05) is 36.2 Å². The van der Waals surface area contributed by atoms with Crippen molar-refractivity contribution in [3.8, 4) is 34.3 Å². The number of aromatic nitrogens is 4. The minimum atomic E-state index is -2.92. The summed E-state index contributed by atoms with van der Waals surface area (Å²) in [4.78, 5) is 44.3. The third-order valence-electron chi connectivity index (χ3n) is 9.21. The molecule has 4 aliphatic heterocycles. The zero-order chi connectivity index (χ0) is 39.3. The van der Waals surface area contributed by atoms with Crippen LogP contribution in [-0.4, -0.2) is 93.7 Å². The van der Waals surface area contributed by atoms with Crippen molar-refractivity contribution in [3.63, 3.8) is 0 Å². The van der Waals surface area contributed by atoms with Crippen LogP contribution in [0.4, 0.5) is 47.6 Å². The van der Waals surface area contributed by atoms with Gasteiger partial charge in [0.1, 0.15) is 61.7 Å². The van der Waals surface area contributed by atoms with E-state index in [1.165, 1.54) is 4.57 Å². The second-order valence-electron chi connectivity index (χ2n) is 12.7.